The molecule has 2 unspecified atom stereocenters. The Bertz CT molecular complexity index is 1560. The lowest BCUT2D eigenvalue weighted by molar-refractivity contribution is -0.0746. The molecule has 3 saturated heterocycles. The molecule has 252 valence electrons. The summed E-state index contributed by atoms with van der Waals surface area (Å²) in [6.45, 7) is 5.60. The van der Waals surface area contributed by atoms with Crippen LogP contribution in [0.5, 0.6) is 0 Å². The van der Waals surface area contributed by atoms with E-state index in [0.717, 1.165) is 89.8 Å². The van der Waals surface area contributed by atoms with Crippen LogP contribution in [0.4, 0.5) is 10.2 Å². The first-order chi connectivity index (χ1) is 22.9. The zero-order chi connectivity index (χ0) is 32.4. The molecule has 0 radical (unpaired) electrons. The molecule has 1 aliphatic carbocycles. The molecule has 4 fully saturated rings. The number of piperazine rings is 1. The van der Waals surface area contributed by atoms with E-state index in [9.17, 15) is 14.0 Å². The Labute approximate surface area is 275 Å². The lowest BCUT2D eigenvalue weighted by Crippen LogP contribution is -2.66. The molecular formula is C35H47FN8O3. The first-order valence-electron chi connectivity index (χ1n) is 17.5. The van der Waals surface area contributed by atoms with Crippen LogP contribution in [0, 0.1) is 5.82 Å². The van der Waals surface area contributed by atoms with Crippen LogP contribution in [0.1, 0.15) is 96.4 Å². The minimum atomic E-state index is -0.558. The van der Waals surface area contributed by atoms with Crippen molar-refractivity contribution >= 4 is 23.3 Å². The van der Waals surface area contributed by atoms with Gasteiger partial charge in [0.2, 0.25) is 0 Å². The van der Waals surface area contributed by atoms with Crippen molar-refractivity contribution in [1.29, 1.82) is 0 Å². The van der Waals surface area contributed by atoms with Gasteiger partial charge < -0.3 is 26.0 Å². The maximum atomic E-state index is 14.1. The minimum Gasteiger partial charge on any atom is -0.381 e. The third kappa shape index (κ3) is 6.60. The molecule has 1 aromatic carbocycles. The zero-order valence-electron chi connectivity index (χ0n) is 27.1. The van der Waals surface area contributed by atoms with Crippen molar-refractivity contribution in [3.8, 4) is 0 Å². The Morgan fingerprint density at radius 3 is 2.32 bits per heavy atom. The number of nitrogen functional groups attached to an aromatic ring is 1. The van der Waals surface area contributed by atoms with E-state index >= 15 is 0 Å². The summed E-state index contributed by atoms with van der Waals surface area (Å²) in [6, 6.07) is 8.31. The van der Waals surface area contributed by atoms with Gasteiger partial charge in [-0.05, 0) is 43.5 Å². The molecule has 1 spiro atoms. The molecule has 4 N–H and O–H groups in total. The Balaban J connectivity index is 1.15. The van der Waals surface area contributed by atoms with Crippen LogP contribution in [0.25, 0.3) is 5.65 Å². The average Bonchev–Trinajstić information content (AvgIpc) is 3.39. The summed E-state index contributed by atoms with van der Waals surface area (Å²) in [5.74, 6) is -0.810. The molecule has 4 aliphatic rings. The quantitative estimate of drug-likeness (QED) is 0.383. The predicted octanol–water partition coefficient (Wildman–Crippen LogP) is 3.75. The van der Waals surface area contributed by atoms with Gasteiger partial charge in [0.05, 0.1) is 37.7 Å². The highest BCUT2D eigenvalue weighted by Crippen LogP contribution is 2.40. The molecule has 3 aliphatic heterocycles. The number of fused-ring (bicyclic) bond motifs is 1. The molecule has 7 rings (SSSR count). The molecule has 0 bridgehead atoms. The van der Waals surface area contributed by atoms with Gasteiger partial charge in [-0.25, -0.2) is 13.9 Å². The molecule has 2 aromatic heterocycles. The number of nitrogens with two attached hydrogens (primary N) is 1. The summed E-state index contributed by atoms with van der Waals surface area (Å²) >= 11 is 0. The second-order valence-corrected chi connectivity index (χ2v) is 13.8. The van der Waals surface area contributed by atoms with Crippen molar-refractivity contribution in [3.63, 3.8) is 0 Å². The van der Waals surface area contributed by atoms with Gasteiger partial charge in [-0.3, -0.25) is 14.5 Å². The second kappa shape index (κ2) is 13.9. The number of piperidine rings is 1. The van der Waals surface area contributed by atoms with E-state index in [4.69, 9.17) is 10.5 Å². The number of hydrogen-bond donors (Lipinski definition) is 3. The third-order valence-corrected chi connectivity index (χ3v) is 11.0. The van der Waals surface area contributed by atoms with Crippen LogP contribution in [0.2, 0.25) is 0 Å². The summed E-state index contributed by atoms with van der Waals surface area (Å²) in [4.78, 5) is 36.1. The molecule has 2 amide bonds. The van der Waals surface area contributed by atoms with E-state index in [1.54, 1.807) is 0 Å². The Morgan fingerprint density at radius 1 is 0.979 bits per heavy atom. The van der Waals surface area contributed by atoms with Crippen molar-refractivity contribution in [3.05, 3.63) is 59.2 Å². The fourth-order valence-electron chi connectivity index (χ4n) is 8.25. The molecule has 2 atom stereocenters. The summed E-state index contributed by atoms with van der Waals surface area (Å²) in [6.07, 6.45) is 13.3. The van der Waals surface area contributed by atoms with E-state index in [2.05, 4.69) is 37.7 Å². The molecule has 47 heavy (non-hydrogen) atoms. The molecule has 3 aromatic rings. The fraction of sp³-hybridized carbons (Fsp3) is 0.600. The number of rotatable bonds is 5. The highest BCUT2D eigenvalue weighted by atomic mass is 19.1. The largest absolute Gasteiger partial charge is 0.381 e. The van der Waals surface area contributed by atoms with Crippen LogP contribution in [0.3, 0.4) is 0 Å². The van der Waals surface area contributed by atoms with Crippen LogP contribution in [-0.4, -0.2) is 99.8 Å². The third-order valence-electron chi connectivity index (χ3n) is 11.0. The van der Waals surface area contributed by atoms with Crippen LogP contribution < -0.4 is 16.4 Å². The van der Waals surface area contributed by atoms with Gasteiger partial charge in [0.1, 0.15) is 5.56 Å². The normalized spacial score (nSPS) is 24.6. The van der Waals surface area contributed by atoms with E-state index in [-0.39, 0.29) is 46.3 Å². The number of hydrogen-bond acceptors (Lipinski definition) is 8. The number of anilines is 1. The Morgan fingerprint density at radius 2 is 1.66 bits per heavy atom. The molecule has 5 heterocycles. The second-order valence-electron chi connectivity index (χ2n) is 13.8. The van der Waals surface area contributed by atoms with E-state index in [1.807, 2.05) is 17.0 Å². The number of halogens is 1. The first-order valence-corrected chi connectivity index (χ1v) is 17.5. The predicted molar refractivity (Wildman–Crippen MR) is 177 cm³/mol. The zero-order valence-corrected chi connectivity index (χ0v) is 27.1. The number of ether oxygens (including phenoxy) is 1. The summed E-state index contributed by atoms with van der Waals surface area (Å²) in [7, 11) is 0. The molecule has 1 saturated carbocycles. The van der Waals surface area contributed by atoms with Gasteiger partial charge in [-0.15, -0.1) is 5.10 Å². The number of benzene rings is 1. The lowest BCUT2D eigenvalue weighted by atomic mass is 9.68. The average molecular weight is 647 g/mol. The number of amides is 2. The lowest BCUT2D eigenvalue weighted by Gasteiger charge is -2.50. The van der Waals surface area contributed by atoms with E-state index in [1.165, 1.54) is 42.8 Å². The van der Waals surface area contributed by atoms with Crippen LogP contribution in [-0.2, 0) is 4.74 Å². The summed E-state index contributed by atoms with van der Waals surface area (Å²) in [5, 5.41) is 11.5. The standard InChI is InChI=1S/C35H47FN8O3/c36-26-20-38-32-29(31(37)41-44(32)21-26)33(45)40-30-28(12-15-39-35(30)13-6-4-2-1-3-5-7-14-35)24-8-10-25(11-9-24)34(46)43-18-16-42(17-19-43)27-22-47-23-27/h8-11,20-21,27-28,30,39H,1-7,12-19,22-23H2,(H2,37,41)(H,40,45). The van der Waals surface area contributed by atoms with Crippen molar-refractivity contribution in [1.82, 2.24) is 35.0 Å². The van der Waals surface area contributed by atoms with Crippen molar-refractivity contribution < 1.29 is 18.7 Å². The van der Waals surface area contributed by atoms with E-state index in [0.29, 0.717) is 11.6 Å². The Kier molecular flexibility index (Phi) is 9.42. The minimum absolute atomic E-state index is 0.0191. The molecule has 12 heteroatoms. The number of carbonyl (C=O) groups is 2. The van der Waals surface area contributed by atoms with Crippen LogP contribution >= 0.6 is 0 Å². The highest BCUT2D eigenvalue weighted by Gasteiger charge is 2.46. The fourth-order valence-corrected chi connectivity index (χ4v) is 8.25. The number of aromatic nitrogens is 3. The maximum Gasteiger partial charge on any atom is 0.259 e. The summed E-state index contributed by atoms with van der Waals surface area (Å²) in [5.41, 5.74) is 8.12. The Hall–Kier alpha value is -3.61. The molecule has 11 nitrogen and oxygen atoms in total. The van der Waals surface area contributed by atoms with Gasteiger partial charge in [0.15, 0.2) is 17.3 Å². The first kappa shape index (κ1) is 32.0. The SMILES string of the molecule is Nc1nn2cc(F)cnc2c1C(=O)NC1C(c2ccc(C(=O)N3CCN(C4COC4)CC3)cc2)CCNC12CCCCCCCCC2. The van der Waals surface area contributed by atoms with Crippen molar-refractivity contribution in [2.75, 3.05) is 51.7 Å². The maximum absolute atomic E-state index is 14.1. The van der Waals surface area contributed by atoms with Crippen LogP contribution in [0.15, 0.2) is 36.7 Å². The number of nitrogens with one attached hydrogen (secondary N) is 2. The molecular weight excluding hydrogens is 599 g/mol. The number of carbonyl (C=O) groups excluding carboxylic acids is 2. The number of nitrogens with zero attached hydrogens (tertiary/aromatic N) is 5. The summed E-state index contributed by atoms with van der Waals surface area (Å²) < 4.78 is 20.5. The smallest absolute Gasteiger partial charge is 0.259 e. The van der Waals surface area contributed by atoms with Crippen molar-refractivity contribution in [2.24, 2.45) is 0 Å². The topological polar surface area (TPSA) is 130 Å². The van der Waals surface area contributed by atoms with Gasteiger partial charge in [-0.2, -0.15) is 0 Å². The van der Waals surface area contributed by atoms with Gasteiger partial charge >= 0.3 is 0 Å². The van der Waals surface area contributed by atoms with Gasteiger partial charge in [-0.1, -0.05) is 57.1 Å². The van der Waals surface area contributed by atoms with E-state index < -0.39 is 5.82 Å². The highest BCUT2D eigenvalue weighted by molar-refractivity contribution is 6.04. The van der Waals surface area contributed by atoms with Gasteiger partial charge in [0, 0.05) is 43.2 Å². The van der Waals surface area contributed by atoms with Gasteiger partial charge in [0.25, 0.3) is 11.8 Å². The monoisotopic (exact) mass is 646 g/mol. The van der Waals surface area contributed by atoms with Crippen molar-refractivity contribution in [2.45, 2.75) is 87.7 Å².